The van der Waals surface area contributed by atoms with Gasteiger partial charge in [0.15, 0.2) is 0 Å². The van der Waals surface area contributed by atoms with Crippen LogP contribution in [0.4, 0.5) is 0 Å². The number of amides is 1. The number of nitrogens with zero attached hydrogens (tertiary/aromatic N) is 2. The van der Waals surface area contributed by atoms with Gasteiger partial charge in [-0.15, -0.1) is 0 Å². The zero-order valence-electron chi connectivity index (χ0n) is 14.4. The highest BCUT2D eigenvalue weighted by Gasteiger charge is 2.09. The molecule has 6 nitrogen and oxygen atoms in total. The Labute approximate surface area is 151 Å². The first-order chi connectivity index (χ1) is 12.7. The Bertz CT molecular complexity index is 946. The van der Waals surface area contributed by atoms with E-state index in [9.17, 15) is 9.59 Å². The predicted molar refractivity (Wildman–Crippen MR) is 99.2 cm³/mol. The molecule has 0 radical (unpaired) electrons. The first-order valence-electron chi connectivity index (χ1n) is 8.21. The van der Waals surface area contributed by atoms with Gasteiger partial charge in [-0.1, -0.05) is 36.4 Å². The molecule has 3 aromatic rings. The van der Waals surface area contributed by atoms with E-state index in [1.54, 1.807) is 23.3 Å². The zero-order valence-corrected chi connectivity index (χ0v) is 14.4. The summed E-state index contributed by atoms with van der Waals surface area (Å²) in [5.41, 5.74) is 1.59. The summed E-state index contributed by atoms with van der Waals surface area (Å²) in [6.07, 6.45) is 6.71. The van der Waals surface area contributed by atoms with Crippen molar-refractivity contribution in [1.82, 2.24) is 14.9 Å². The van der Waals surface area contributed by atoms with Gasteiger partial charge in [0.1, 0.15) is 0 Å². The van der Waals surface area contributed by atoms with E-state index in [1.807, 2.05) is 42.5 Å². The predicted octanol–water partition coefficient (Wildman–Crippen LogP) is 2.60. The second kappa shape index (κ2) is 8.11. The fraction of sp³-hybridized carbons (Fsp3) is 0.150. The van der Waals surface area contributed by atoms with Gasteiger partial charge in [-0.3, -0.25) is 9.59 Å². The van der Waals surface area contributed by atoms with E-state index in [2.05, 4.69) is 15.0 Å². The number of fused-ring (bicyclic) bond motifs is 1. The third-order valence-electron chi connectivity index (χ3n) is 3.95. The number of carbonyl (C=O) groups excluding carboxylic acids is 2. The zero-order chi connectivity index (χ0) is 18.4. The average molecular weight is 349 g/mol. The second-order valence-corrected chi connectivity index (χ2v) is 5.68. The molecular formula is C20H19N3O3. The van der Waals surface area contributed by atoms with Crippen LogP contribution in [0.3, 0.4) is 0 Å². The number of benzene rings is 2. The highest BCUT2D eigenvalue weighted by molar-refractivity contribution is 5.96. The number of imidazole rings is 1. The van der Waals surface area contributed by atoms with Crippen molar-refractivity contribution in [3.8, 4) is 0 Å². The van der Waals surface area contributed by atoms with Gasteiger partial charge in [0, 0.05) is 25.0 Å². The Hall–Kier alpha value is -3.41. The maximum atomic E-state index is 12.3. The van der Waals surface area contributed by atoms with Crippen LogP contribution in [0.25, 0.3) is 16.5 Å². The van der Waals surface area contributed by atoms with Crippen molar-refractivity contribution in [2.24, 2.45) is 0 Å². The molecular weight excluding hydrogens is 330 g/mol. The summed E-state index contributed by atoms with van der Waals surface area (Å²) >= 11 is 0. The highest BCUT2D eigenvalue weighted by Crippen LogP contribution is 2.22. The summed E-state index contributed by atoms with van der Waals surface area (Å²) in [4.78, 5) is 27.5. The molecule has 1 amide bonds. The molecule has 3 rings (SSSR count). The average Bonchev–Trinajstić information content (AvgIpc) is 3.20. The maximum Gasteiger partial charge on any atom is 0.307 e. The van der Waals surface area contributed by atoms with Gasteiger partial charge in [0.05, 0.1) is 25.6 Å². The van der Waals surface area contributed by atoms with Gasteiger partial charge in [0.25, 0.3) is 0 Å². The minimum absolute atomic E-state index is 0.131. The Balaban J connectivity index is 1.87. The van der Waals surface area contributed by atoms with E-state index >= 15 is 0 Å². The summed E-state index contributed by atoms with van der Waals surface area (Å²) in [5, 5.41) is 4.91. The molecule has 0 aliphatic carbocycles. The molecule has 0 saturated carbocycles. The van der Waals surface area contributed by atoms with E-state index in [0.717, 1.165) is 16.3 Å². The third kappa shape index (κ3) is 4.16. The van der Waals surface area contributed by atoms with Gasteiger partial charge < -0.3 is 14.6 Å². The van der Waals surface area contributed by atoms with E-state index in [0.29, 0.717) is 5.70 Å². The van der Waals surface area contributed by atoms with Crippen LogP contribution in [0.15, 0.2) is 67.3 Å². The Morgan fingerprint density at radius 3 is 2.73 bits per heavy atom. The van der Waals surface area contributed by atoms with Gasteiger partial charge >= 0.3 is 5.97 Å². The van der Waals surface area contributed by atoms with Crippen molar-refractivity contribution in [2.75, 3.05) is 13.7 Å². The summed E-state index contributed by atoms with van der Waals surface area (Å²) in [5.74, 6) is -0.649. The van der Waals surface area contributed by atoms with Crippen LogP contribution in [0.1, 0.15) is 12.0 Å². The number of carbonyl (C=O) groups is 2. The Morgan fingerprint density at radius 1 is 1.19 bits per heavy atom. The number of methoxy groups -OCH3 is 1. The van der Waals surface area contributed by atoms with Gasteiger partial charge in [0.2, 0.25) is 5.91 Å². The summed E-state index contributed by atoms with van der Waals surface area (Å²) < 4.78 is 6.35. The molecule has 1 heterocycles. The number of nitrogens with one attached hydrogen (secondary N) is 1. The maximum absolute atomic E-state index is 12.3. The molecule has 0 atom stereocenters. The Morgan fingerprint density at radius 2 is 2.00 bits per heavy atom. The van der Waals surface area contributed by atoms with Crippen molar-refractivity contribution in [2.45, 2.75) is 6.42 Å². The topological polar surface area (TPSA) is 73.2 Å². The molecule has 0 unspecified atom stereocenters. The quantitative estimate of drug-likeness (QED) is 0.548. The number of rotatable bonds is 6. The first-order valence-corrected chi connectivity index (χ1v) is 8.21. The monoisotopic (exact) mass is 349 g/mol. The SMILES string of the molecule is COC(=O)CCNC(=O)/C=C(\c1ccc2ccccc2c1)n1ccnc1. The normalized spacial score (nSPS) is 11.3. The number of aromatic nitrogens is 2. The molecule has 0 aliphatic rings. The molecule has 0 aliphatic heterocycles. The number of hydrogen-bond acceptors (Lipinski definition) is 4. The molecule has 0 saturated heterocycles. The van der Waals surface area contributed by atoms with Crippen molar-refractivity contribution in [3.05, 3.63) is 72.8 Å². The second-order valence-electron chi connectivity index (χ2n) is 5.68. The molecule has 0 spiro atoms. The van der Waals surface area contributed by atoms with Gasteiger partial charge in [-0.25, -0.2) is 4.98 Å². The van der Waals surface area contributed by atoms with Gasteiger partial charge in [-0.05, 0) is 22.4 Å². The smallest absolute Gasteiger partial charge is 0.307 e. The summed E-state index contributed by atoms with van der Waals surface area (Å²) in [6.45, 7) is 0.219. The van der Waals surface area contributed by atoms with Crippen molar-refractivity contribution >= 4 is 28.3 Å². The van der Waals surface area contributed by atoms with Crippen molar-refractivity contribution < 1.29 is 14.3 Å². The fourth-order valence-corrected chi connectivity index (χ4v) is 2.62. The molecule has 6 heteroatoms. The molecule has 0 bridgehead atoms. The lowest BCUT2D eigenvalue weighted by molar-refractivity contribution is -0.140. The van der Waals surface area contributed by atoms with Gasteiger partial charge in [-0.2, -0.15) is 0 Å². The standard InChI is InChI=1S/C20H19N3O3/c1-26-20(25)8-9-22-19(24)13-18(23-11-10-21-14-23)17-7-6-15-4-2-3-5-16(15)12-17/h2-7,10-14H,8-9H2,1H3,(H,22,24)/b18-13+. The van der Waals surface area contributed by atoms with Crippen LogP contribution in [-0.4, -0.2) is 35.1 Å². The summed E-state index contributed by atoms with van der Waals surface area (Å²) in [6, 6.07) is 14.1. The molecule has 2 aromatic carbocycles. The fourth-order valence-electron chi connectivity index (χ4n) is 2.62. The highest BCUT2D eigenvalue weighted by atomic mass is 16.5. The van der Waals surface area contributed by atoms with E-state index in [4.69, 9.17) is 0 Å². The van der Waals surface area contributed by atoms with Crippen LogP contribution < -0.4 is 5.32 Å². The van der Waals surface area contributed by atoms with Crippen LogP contribution in [0, 0.1) is 0 Å². The number of esters is 1. The van der Waals surface area contributed by atoms with E-state index in [-0.39, 0.29) is 24.8 Å². The van der Waals surface area contributed by atoms with Crippen LogP contribution in [0.2, 0.25) is 0 Å². The van der Waals surface area contributed by atoms with E-state index in [1.165, 1.54) is 13.2 Å². The molecule has 26 heavy (non-hydrogen) atoms. The van der Waals surface area contributed by atoms with Crippen LogP contribution >= 0.6 is 0 Å². The largest absolute Gasteiger partial charge is 0.469 e. The van der Waals surface area contributed by atoms with Crippen molar-refractivity contribution in [3.63, 3.8) is 0 Å². The van der Waals surface area contributed by atoms with Crippen LogP contribution in [-0.2, 0) is 14.3 Å². The minimum atomic E-state index is -0.362. The molecule has 1 aromatic heterocycles. The number of ether oxygens (including phenoxy) is 1. The lowest BCUT2D eigenvalue weighted by atomic mass is 10.0. The van der Waals surface area contributed by atoms with Crippen molar-refractivity contribution in [1.29, 1.82) is 0 Å². The molecule has 132 valence electrons. The Kier molecular flexibility index (Phi) is 5.43. The minimum Gasteiger partial charge on any atom is -0.469 e. The lowest BCUT2D eigenvalue weighted by Gasteiger charge is -2.11. The third-order valence-corrected chi connectivity index (χ3v) is 3.95. The van der Waals surface area contributed by atoms with E-state index < -0.39 is 0 Å². The summed E-state index contributed by atoms with van der Waals surface area (Å²) in [7, 11) is 1.32. The molecule has 1 N–H and O–H groups in total. The first kappa shape index (κ1) is 17.4. The van der Waals surface area contributed by atoms with Crippen LogP contribution in [0.5, 0.6) is 0 Å². The number of hydrogen-bond donors (Lipinski definition) is 1. The molecule has 0 fully saturated rings. The lowest BCUT2D eigenvalue weighted by Crippen LogP contribution is -2.25.